The Morgan fingerprint density at radius 1 is 1.10 bits per heavy atom. The maximum absolute atomic E-state index is 12.8. The first-order valence-electron chi connectivity index (χ1n) is 8.27. The lowest BCUT2D eigenvalue weighted by Gasteiger charge is -2.36. The van der Waals surface area contributed by atoms with Crippen LogP contribution in [-0.4, -0.2) is 61.5 Å². The highest BCUT2D eigenvalue weighted by molar-refractivity contribution is 5.98. The summed E-state index contributed by atoms with van der Waals surface area (Å²) in [4.78, 5) is 29.2. The molecule has 0 N–H and O–H groups in total. The largest absolute Gasteiger partial charge is 0.465 e. The minimum Gasteiger partial charge on any atom is -0.465 e. The molecule has 1 saturated carbocycles. The van der Waals surface area contributed by atoms with Crippen LogP contribution in [0.1, 0.15) is 39.0 Å². The number of carbonyl (C=O) groups is 2. The van der Waals surface area contributed by atoms with Crippen molar-refractivity contribution in [3.8, 4) is 0 Å². The molecule has 0 unspecified atom stereocenters. The highest BCUT2D eigenvalue weighted by atomic mass is 16.5. The average Bonchev–Trinajstić information content (AvgIpc) is 2.49. The van der Waals surface area contributed by atoms with E-state index in [1.54, 1.807) is 6.92 Å². The molecule has 5 heteroatoms. The number of nitrogens with zero attached hydrogens (tertiary/aromatic N) is 2. The van der Waals surface area contributed by atoms with Gasteiger partial charge >= 0.3 is 5.97 Å². The van der Waals surface area contributed by atoms with Gasteiger partial charge in [0.2, 0.25) is 5.91 Å². The molecule has 0 aromatic carbocycles. The van der Waals surface area contributed by atoms with E-state index in [4.69, 9.17) is 4.74 Å². The summed E-state index contributed by atoms with van der Waals surface area (Å²) in [5, 5.41) is 0. The Kier molecular flexibility index (Phi) is 6.03. The number of esters is 1. The number of hydrogen-bond acceptors (Lipinski definition) is 4. The van der Waals surface area contributed by atoms with Crippen molar-refractivity contribution in [3.63, 3.8) is 0 Å². The zero-order valence-corrected chi connectivity index (χ0v) is 13.3. The number of piperazine rings is 1. The number of ether oxygens (including phenoxy) is 1. The van der Waals surface area contributed by atoms with Gasteiger partial charge in [-0.1, -0.05) is 19.3 Å². The van der Waals surface area contributed by atoms with Crippen LogP contribution < -0.4 is 0 Å². The summed E-state index contributed by atoms with van der Waals surface area (Å²) in [6.07, 6.45) is 5.41. The summed E-state index contributed by atoms with van der Waals surface area (Å²) < 4.78 is 5.19. The molecule has 0 radical (unpaired) electrons. The minimum atomic E-state index is -0.575. The monoisotopic (exact) mass is 296 g/mol. The lowest BCUT2D eigenvalue weighted by atomic mass is 9.79. The van der Waals surface area contributed by atoms with Gasteiger partial charge in [-0.15, -0.1) is 0 Å². The summed E-state index contributed by atoms with van der Waals surface area (Å²) in [5.74, 6) is -0.722. The highest BCUT2D eigenvalue weighted by Gasteiger charge is 2.39. The Hall–Kier alpha value is -1.10. The average molecular weight is 296 g/mol. The molecule has 1 aliphatic heterocycles. The Morgan fingerprint density at radius 2 is 1.71 bits per heavy atom. The third kappa shape index (κ3) is 4.19. The molecule has 0 spiro atoms. The molecule has 1 heterocycles. The van der Waals surface area contributed by atoms with Gasteiger partial charge in [0.1, 0.15) is 5.92 Å². The maximum atomic E-state index is 12.8. The highest BCUT2D eigenvalue weighted by Crippen LogP contribution is 2.32. The SMILES string of the molecule is CCOC(=O)[C@H](C(=O)N1CCN(C)CC1)C1CCCCC1. The number of amides is 1. The van der Waals surface area contributed by atoms with E-state index in [2.05, 4.69) is 11.9 Å². The zero-order valence-electron chi connectivity index (χ0n) is 13.3. The molecule has 2 aliphatic rings. The molecule has 2 rings (SSSR count). The maximum Gasteiger partial charge on any atom is 0.318 e. The van der Waals surface area contributed by atoms with E-state index in [-0.39, 0.29) is 17.8 Å². The summed E-state index contributed by atoms with van der Waals surface area (Å²) in [7, 11) is 2.06. The van der Waals surface area contributed by atoms with Crippen LogP contribution in [0.5, 0.6) is 0 Å². The molecule has 1 aliphatic carbocycles. The molecule has 0 aromatic rings. The Bertz CT molecular complexity index is 359. The third-order valence-corrected chi connectivity index (χ3v) is 4.74. The van der Waals surface area contributed by atoms with Crippen LogP contribution in [0.25, 0.3) is 0 Å². The molecule has 1 atom stereocenters. The van der Waals surface area contributed by atoms with Gasteiger partial charge in [-0.25, -0.2) is 0 Å². The molecular weight excluding hydrogens is 268 g/mol. The van der Waals surface area contributed by atoms with Crippen molar-refractivity contribution in [2.45, 2.75) is 39.0 Å². The Balaban J connectivity index is 2.06. The fourth-order valence-electron chi connectivity index (χ4n) is 3.42. The quantitative estimate of drug-likeness (QED) is 0.583. The lowest BCUT2D eigenvalue weighted by Crippen LogP contribution is -2.51. The van der Waals surface area contributed by atoms with Crippen molar-refractivity contribution in [1.82, 2.24) is 9.80 Å². The second-order valence-electron chi connectivity index (χ2n) is 6.26. The molecule has 5 nitrogen and oxygen atoms in total. The smallest absolute Gasteiger partial charge is 0.318 e. The van der Waals surface area contributed by atoms with E-state index >= 15 is 0 Å². The molecule has 1 amide bonds. The third-order valence-electron chi connectivity index (χ3n) is 4.74. The lowest BCUT2D eigenvalue weighted by molar-refractivity contribution is -0.159. The topological polar surface area (TPSA) is 49.9 Å². The molecule has 120 valence electrons. The van der Waals surface area contributed by atoms with Crippen LogP contribution in [0.2, 0.25) is 0 Å². The Morgan fingerprint density at radius 3 is 2.29 bits per heavy atom. The van der Waals surface area contributed by atoms with Crippen molar-refractivity contribution in [2.75, 3.05) is 39.8 Å². The first-order valence-corrected chi connectivity index (χ1v) is 8.27. The van der Waals surface area contributed by atoms with E-state index in [0.29, 0.717) is 6.61 Å². The van der Waals surface area contributed by atoms with Crippen LogP contribution in [-0.2, 0) is 14.3 Å². The first kappa shape index (κ1) is 16.3. The van der Waals surface area contributed by atoms with Crippen molar-refractivity contribution in [3.05, 3.63) is 0 Å². The van der Waals surface area contributed by atoms with Gasteiger partial charge in [0.05, 0.1) is 6.61 Å². The molecule has 0 bridgehead atoms. The molecule has 1 saturated heterocycles. The van der Waals surface area contributed by atoms with Crippen LogP contribution >= 0.6 is 0 Å². The molecular formula is C16H28N2O3. The van der Waals surface area contributed by atoms with E-state index in [0.717, 1.165) is 51.9 Å². The van der Waals surface area contributed by atoms with Gasteiger partial charge in [0, 0.05) is 26.2 Å². The molecule has 21 heavy (non-hydrogen) atoms. The van der Waals surface area contributed by atoms with E-state index < -0.39 is 5.92 Å². The zero-order chi connectivity index (χ0) is 15.2. The van der Waals surface area contributed by atoms with Crippen LogP contribution in [0, 0.1) is 11.8 Å². The fourth-order valence-corrected chi connectivity index (χ4v) is 3.42. The number of carbonyl (C=O) groups excluding carboxylic acids is 2. The number of rotatable bonds is 4. The van der Waals surface area contributed by atoms with Crippen molar-refractivity contribution in [2.24, 2.45) is 11.8 Å². The number of likely N-dealkylation sites (N-methyl/N-ethyl adjacent to an activating group) is 1. The van der Waals surface area contributed by atoms with E-state index in [1.165, 1.54) is 6.42 Å². The van der Waals surface area contributed by atoms with E-state index in [9.17, 15) is 9.59 Å². The van der Waals surface area contributed by atoms with Gasteiger partial charge in [0.25, 0.3) is 0 Å². The first-order chi connectivity index (χ1) is 10.1. The summed E-state index contributed by atoms with van der Waals surface area (Å²) in [6.45, 7) is 5.35. The normalized spacial score (nSPS) is 22.9. The van der Waals surface area contributed by atoms with Gasteiger partial charge in [-0.05, 0) is 32.7 Å². The summed E-state index contributed by atoms with van der Waals surface area (Å²) in [5.41, 5.74) is 0. The van der Waals surface area contributed by atoms with Crippen LogP contribution in [0.4, 0.5) is 0 Å². The van der Waals surface area contributed by atoms with Crippen molar-refractivity contribution < 1.29 is 14.3 Å². The van der Waals surface area contributed by atoms with Crippen LogP contribution in [0.3, 0.4) is 0 Å². The summed E-state index contributed by atoms with van der Waals surface area (Å²) in [6, 6.07) is 0. The second-order valence-corrected chi connectivity index (χ2v) is 6.26. The van der Waals surface area contributed by atoms with Crippen LogP contribution in [0.15, 0.2) is 0 Å². The Labute approximate surface area is 127 Å². The van der Waals surface area contributed by atoms with Gasteiger partial charge in [-0.3, -0.25) is 9.59 Å². The number of hydrogen-bond donors (Lipinski definition) is 0. The predicted octanol–water partition coefficient (Wildman–Crippen LogP) is 1.52. The van der Waals surface area contributed by atoms with Crippen molar-refractivity contribution in [1.29, 1.82) is 0 Å². The van der Waals surface area contributed by atoms with Gasteiger partial charge < -0.3 is 14.5 Å². The fraction of sp³-hybridized carbons (Fsp3) is 0.875. The van der Waals surface area contributed by atoms with Gasteiger partial charge in [0.15, 0.2) is 0 Å². The molecule has 0 aromatic heterocycles. The van der Waals surface area contributed by atoms with Gasteiger partial charge in [-0.2, -0.15) is 0 Å². The standard InChI is InChI=1S/C16H28N2O3/c1-3-21-16(20)14(13-7-5-4-6-8-13)15(19)18-11-9-17(2)10-12-18/h13-14H,3-12H2,1-2H3/t14-/m0/s1. The van der Waals surface area contributed by atoms with E-state index in [1.807, 2.05) is 4.90 Å². The second kappa shape index (κ2) is 7.78. The predicted molar refractivity (Wildman–Crippen MR) is 80.8 cm³/mol. The minimum absolute atomic E-state index is 0.00606. The summed E-state index contributed by atoms with van der Waals surface area (Å²) >= 11 is 0. The van der Waals surface area contributed by atoms with Crippen molar-refractivity contribution >= 4 is 11.9 Å². The molecule has 2 fully saturated rings.